The van der Waals surface area contributed by atoms with Gasteiger partial charge in [0.15, 0.2) is 5.78 Å². The van der Waals surface area contributed by atoms with Gasteiger partial charge in [0.25, 0.3) is 0 Å². The van der Waals surface area contributed by atoms with Crippen LogP contribution in [-0.4, -0.2) is 53.7 Å². The number of hydrogen-bond acceptors (Lipinski definition) is 6. The van der Waals surface area contributed by atoms with Crippen LogP contribution < -0.4 is 5.32 Å². The third kappa shape index (κ3) is 10.9. The Kier molecular flexibility index (Phi) is 13.6. The van der Waals surface area contributed by atoms with Crippen molar-refractivity contribution >= 4 is 35.7 Å². The number of thioether (sulfide) groups is 1. The van der Waals surface area contributed by atoms with Crippen LogP contribution in [-0.2, 0) is 30.5 Å². The summed E-state index contributed by atoms with van der Waals surface area (Å²) in [6.45, 7) is 4.02. The van der Waals surface area contributed by atoms with Gasteiger partial charge in [-0.1, -0.05) is 44.2 Å². The monoisotopic (exact) mass is 465 g/mol. The highest BCUT2D eigenvalue weighted by molar-refractivity contribution is 7.98. The molecule has 32 heavy (non-hydrogen) atoms. The lowest BCUT2D eigenvalue weighted by Crippen LogP contribution is -2.45. The van der Waals surface area contributed by atoms with E-state index in [0.717, 1.165) is 11.3 Å². The Balaban J connectivity index is 2.76. The number of ether oxygens (including phenoxy) is 1. The highest BCUT2D eigenvalue weighted by Gasteiger charge is 2.30. The van der Waals surface area contributed by atoms with E-state index in [9.17, 15) is 24.3 Å². The molecule has 0 bridgehead atoms. The van der Waals surface area contributed by atoms with Crippen molar-refractivity contribution in [3.63, 3.8) is 0 Å². The van der Waals surface area contributed by atoms with Crippen LogP contribution in [0.25, 0.3) is 0 Å². The first-order chi connectivity index (χ1) is 15.3. The molecule has 0 saturated carbocycles. The number of aliphatic carboxylic acids is 1. The molecule has 0 heterocycles. The van der Waals surface area contributed by atoms with Gasteiger partial charge in [-0.25, -0.2) is 0 Å². The van der Waals surface area contributed by atoms with Crippen molar-refractivity contribution in [3.05, 3.63) is 35.9 Å². The summed E-state index contributed by atoms with van der Waals surface area (Å²) in [7, 11) is 0. The molecule has 0 spiro atoms. The number of nitrogens with one attached hydrogen (secondary N) is 1. The van der Waals surface area contributed by atoms with E-state index in [1.165, 1.54) is 0 Å². The summed E-state index contributed by atoms with van der Waals surface area (Å²) in [4.78, 5) is 48.3. The minimum Gasteiger partial charge on any atom is -0.481 e. The highest BCUT2D eigenvalue weighted by Crippen LogP contribution is 2.16. The van der Waals surface area contributed by atoms with Crippen molar-refractivity contribution in [3.8, 4) is 0 Å². The average molecular weight is 466 g/mol. The van der Waals surface area contributed by atoms with Crippen molar-refractivity contribution in [2.45, 2.75) is 52.2 Å². The predicted molar refractivity (Wildman–Crippen MR) is 125 cm³/mol. The number of amides is 1. The number of rotatable bonds is 17. The Hall–Kier alpha value is -2.19. The van der Waals surface area contributed by atoms with Crippen LogP contribution in [0.15, 0.2) is 30.3 Å². The number of carboxylic acids is 1. The van der Waals surface area contributed by atoms with Crippen molar-refractivity contribution in [1.82, 2.24) is 5.32 Å². The third-order valence-corrected chi connectivity index (χ3v) is 5.71. The van der Waals surface area contributed by atoms with Crippen LogP contribution in [0.3, 0.4) is 0 Å². The molecule has 0 aromatic heterocycles. The first-order valence-electron chi connectivity index (χ1n) is 10.9. The van der Waals surface area contributed by atoms with Crippen molar-refractivity contribution in [2.75, 3.05) is 18.6 Å². The van der Waals surface area contributed by atoms with Gasteiger partial charge in [0.05, 0.1) is 25.2 Å². The molecule has 0 saturated heterocycles. The van der Waals surface area contributed by atoms with Gasteiger partial charge >= 0.3 is 5.97 Å². The fraction of sp³-hybridized carbons (Fsp3) is 0.583. The van der Waals surface area contributed by atoms with Crippen molar-refractivity contribution < 1.29 is 29.0 Å². The number of Topliss-reactive ketones (excluding diaryl/α,β-unsaturated/α-hetero) is 1. The molecule has 1 amide bonds. The van der Waals surface area contributed by atoms with Gasteiger partial charge in [-0.2, -0.15) is 11.8 Å². The molecule has 178 valence electrons. The number of aldehydes is 1. The molecule has 0 fully saturated rings. The lowest BCUT2D eigenvalue weighted by molar-refractivity contribution is -0.146. The second-order valence-corrected chi connectivity index (χ2v) is 9.26. The van der Waals surface area contributed by atoms with E-state index in [1.54, 1.807) is 11.8 Å². The number of ketones is 1. The van der Waals surface area contributed by atoms with Crippen LogP contribution in [0.4, 0.5) is 0 Å². The fourth-order valence-electron chi connectivity index (χ4n) is 3.26. The molecular weight excluding hydrogens is 430 g/mol. The molecular formula is C24H35NO6S. The van der Waals surface area contributed by atoms with Gasteiger partial charge in [-0.3, -0.25) is 14.4 Å². The molecule has 0 aliphatic heterocycles. The van der Waals surface area contributed by atoms with Gasteiger partial charge in [-0.15, -0.1) is 0 Å². The normalized spacial score (nSPS) is 13.9. The van der Waals surface area contributed by atoms with E-state index in [4.69, 9.17) is 4.74 Å². The minimum atomic E-state index is -1.11. The second kappa shape index (κ2) is 15.6. The zero-order valence-electron chi connectivity index (χ0n) is 19.1. The molecule has 2 N–H and O–H groups in total. The standard InChI is InChI=1S/C24H35NO6S/c1-17(2)13-21(25-23(28)19(9-11-26)10-12-32-3)22(27)14-20(24(29)30)16-31-15-18-7-5-4-6-8-18/h4-8,11,17,19-21H,9-10,12-16H2,1-3H3,(H,25,28)(H,29,30)/t19-,20-,21-/m0/s1. The summed E-state index contributed by atoms with van der Waals surface area (Å²) in [5, 5.41) is 12.3. The molecule has 8 heteroatoms. The van der Waals surface area contributed by atoms with E-state index in [2.05, 4.69) is 5.32 Å². The Morgan fingerprint density at radius 2 is 1.84 bits per heavy atom. The maximum Gasteiger partial charge on any atom is 0.309 e. The minimum absolute atomic E-state index is 0.0973. The largest absolute Gasteiger partial charge is 0.481 e. The quantitative estimate of drug-likeness (QED) is 0.340. The summed E-state index contributed by atoms with van der Waals surface area (Å²) in [6, 6.07) is 8.58. The zero-order valence-corrected chi connectivity index (χ0v) is 19.9. The lowest BCUT2D eigenvalue weighted by atomic mass is 9.92. The van der Waals surface area contributed by atoms with Crippen LogP contribution in [0.1, 0.15) is 45.1 Å². The number of benzene rings is 1. The smallest absolute Gasteiger partial charge is 0.309 e. The summed E-state index contributed by atoms with van der Waals surface area (Å²) in [5.74, 6) is -2.42. The molecule has 1 rings (SSSR count). The molecule has 1 aromatic rings. The lowest BCUT2D eigenvalue weighted by Gasteiger charge is -2.24. The predicted octanol–water partition coefficient (Wildman–Crippen LogP) is 3.35. The highest BCUT2D eigenvalue weighted by atomic mass is 32.2. The second-order valence-electron chi connectivity index (χ2n) is 8.28. The summed E-state index contributed by atoms with van der Waals surface area (Å²) in [5.41, 5.74) is 0.916. The Morgan fingerprint density at radius 3 is 2.41 bits per heavy atom. The number of carboxylic acid groups (broad SMARTS) is 1. The van der Waals surface area contributed by atoms with E-state index < -0.39 is 23.8 Å². The zero-order chi connectivity index (χ0) is 23.9. The Labute approximate surface area is 194 Å². The SMILES string of the molecule is CSCC[C@H](CC=O)C(=O)N[C@@H](CC(C)C)C(=O)C[C@@H](COCc1ccccc1)C(=O)O. The molecule has 1 aromatic carbocycles. The molecule has 0 radical (unpaired) electrons. The van der Waals surface area contributed by atoms with Crippen LogP contribution in [0, 0.1) is 17.8 Å². The van der Waals surface area contributed by atoms with Crippen LogP contribution in [0.5, 0.6) is 0 Å². The van der Waals surface area contributed by atoms with Gasteiger partial charge < -0.3 is 20.0 Å². The third-order valence-electron chi connectivity index (χ3n) is 5.06. The number of hydrogen-bond donors (Lipinski definition) is 2. The fourth-order valence-corrected chi connectivity index (χ4v) is 3.78. The van der Waals surface area contributed by atoms with E-state index >= 15 is 0 Å². The maximum atomic E-state index is 12.9. The average Bonchev–Trinajstić information content (AvgIpc) is 2.75. The van der Waals surface area contributed by atoms with E-state index in [-0.39, 0.29) is 43.7 Å². The van der Waals surface area contributed by atoms with Gasteiger partial charge in [-0.05, 0) is 36.3 Å². The van der Waals surface area contributed by atoms with E-state index in [0.29, 0.717) is 19.1 Å². The molecule has 3 atom stereocenters. The topological polar surface area (TPSA) is 110 Å². The van der Waals surface area contributed by atoms with Gasteiger partial charge in [0.2, 0.25) is 5.91 Å². The Morgan fingerprint density at radius 1 is 1.16 bits per heavy atom. The Bertz CT molecular complexity index is 724. The van der Waals surface area contributed by atoms with E-state index in [1.807, 2.05) is 50.4 Å². The van der Waals surface area contributed by atoms with Crippen LogP contribution in [0.2, 0.25) is 0 Å². The summed E-state index contributed by atoms with van der Waals surface area (Å²) < 4.78 is 5.54. The molecule has 7 nitrogen and oxygen atoms in total. The first kappa shape index (κ1) is 27.8. The summed E-state index contributed by atoms with van der Waals surface area (Å²) in [6.07, 6.45) is 3.45. The first-order valence-corrected chi connectivity index (χ1v) is 12.3. The number of carbonyl (C=O) groups excluding carboxylic acids is 3. The van der Waals surface area contributed by atoms with Crippen LogP contribution >= 0.6 is 11.8 Å². The molecule has 0 aliphatic carbocycles. The van der Waals surface area contributed by atoms with Crippen molar-refractivity contribution in [1.29, 1.82) is 0 Å². The number of carbonyl (C=O) groups is 4. The summed E-state index contributed by atoms with van der Waals surface area (Å²) >= 11 is 1.58. The molecule has 0 unspecified atom stereocenters. The van der Waals surface area contributed by atoms with Gasteiger partial charge in [0, 0.05) is 18.8 Å². The molecule has 0 aliphatic rings. The van der Waals surface area contributed by atoms with Gasteiger partial charge in [0.1, 0.15) is 6.29 Å². The van der Waals surface area contributed by atoms with Crippen molar-refractivity contribution in [2.24, 2.45) is 17.8 Å². The maximum absolute atomic E-state index is 12.9.